The van der Waals surface area contributed by atoms with Gasteiger partial charge in [-0.2, -0.15) is 0 Å². The Morgan fingerprint density at radius 1 is 1.44 bits per heavy atom. The van der Waals surface area contributed by atoms with E-state index in [1.165, 1.54) is 29.2 Å². The van der Waals surface area contributed by atoms with Gasteiger partial charge in [-0.15, -0.1) is 0 Å². The molecule has 0 aliphatic heterocycles. The summed E-state index contributed by atoms with van der Waals surface area (Å²) in [7, 11) is 0. The number of aromatic carboxylic acids is 1. The molecule has 82 valence electrons. The average Bonchev–Trinajstić information content (AvgIpc) is 2.64. The van der Waals surface area contributed by atoms with E-state index in [4.69, 9.17) is 5.11 Å². The zero-order valence-electron chi connectivity index (χ0n) is 8.49. The van der Waals surface area contributed by atoms with E-state index < -0.39 is 11.5 Å². The summed E-state index contributed by atoms with van der Waals surface area (Å²) >= 11 is 0. The average molecular weight is 219 g/mol. The minimum atomic E-state index is -1.16. The highest BCUT2D eigenvalue weighted by molar-refractivity contribution is 5.85. The van der Waals surface area contributed by atoms with Crippen LogP contribution in [0.2, 0.25) is 0 Å². The van der Waals surface area contributed by atoms with Gasteiger partial charge in [0.25, 0.3) is 5.56 Å². The van der Waals surface area contributed by atoms with Gasteiger partial charge in [-0.3, -0.25) is 4.79 Å². The predicted molar refractivity (Wildman–Crippen MR) is 55.4 cm³/mol. The number of aromatic nitrogens is 3. The van der Waals surface area contributed by atoms with Crippen molar-refractivity contribution in [1.82, 2.24) is 14.3 Å². The van der Waals surface area contributed by atoms with Gasteiger partial charge >= 0.3 is 5.97 Å². The molecular formula is C10H9N3O3. The molecule has 0 fully saturated rings. The van der Waals surface area contributed by atoms with Crippen molar-refractivity contribution in [3.05, 3.63) is 52.5 Å². The van der Waals surface area contributed by atoms with Gasteiger partial charge in [0, 0.05) is 6.07 Å². The first-order valence-electron chi connectivity index (χ1n) is 4.56. The van der Waals surface area contributed by atoms with Crippen molar-refractivity contribution >= 4 is 5.97 Å². The minimum absolute atomic E-state index is 0.107. The largest absolute Gasteiger partial charge is 0.477 e. The van der Waals surface area contributed by atoms with E-state index in [-0.39, 0.29) is 5.69 Å². The number of imidazole rings is 1. The van der Waals surface area contributed by atoms with Gasteiger partial charge in [-0.05, 0) is 13.0 Å². The Hall–Kier alpha value is -2.37. The van der Waals surface area contributed by atoms with E-state index in [1.807, 2.05) is 0 Å². The molecule has 0 bridgehead atoms. The number of hydrogen-bond acceptors (Lipinski definition) is 3. The summed E-state index contributed by atoms with van der Waals surface area (Å²) in [6, 6.07) is 4.06. The summed E-state index contributed by atoms with van der Waals surface area (Å²) in [6.45, 7) is 1.75. The lowest BCUT2D eigenvalue weighted by molar-refractivity contribution is 0.0681. The lowest BCUT2D eigenvalue weighted by atomic mass is 10.3. The highest BCUT2D eigenvalue weighted by Crippen LogP contribution is 1.99. The van der Waals surface area contributed by atoms with E-state index in [0.29, 0.717) is 5.69 Å². The number of nitrogens with zero attached hydrogens (tertiary/aromatic N) is 3. The molecule has 2 aromatic heterocycles. The molecule has 0 unspecified atom stereocenters. The number of hydrogen-bond donors (Lipinski definition) is 1. The molecule has 0 amide bonds. The molecule has 0 aliphatic rings. The molecular weight excluding hydrogens is 210 g/mol. The van der Waals surface area contributed by atoms with Crippen molar-refractivity contribution in [3.63, 3.8) is 0 Å². The van der Waals surface area contributed by atoms with Crippen LogP contribution in [0.1, 0.15) is 16.2 Å². The summed E-state index contributed by atoms with van der Waals surface area (Å²) in [5.74, 6) is -1.16. The molecule has 0 atom stereocenters. The smallest absolute Gasteiger partial charge is 0.354 e. The lowest BCUT2D eigenvalue weighted by Crippen LogP contribution is -2.29. The second-order valence-corrected chi connectivity index (χ2v) is 3.26. The van der Waals surface area contributed by atoms with E-state index in [9.17, 15) is 9.59 Å². The highest BCUT2D eigenvalue weighted by Gasteiger charge is 2.11. The molecule has 6 nitrogen and oxygen atoms in total. The Morgan fingerprint density at radius 3 is 2.75 bits per heavy atom. The molecule has 6 heteroatoms. The predicted octanol–water partition coefficient (Wildman–Crippen LogP) is 0.363. The van der Waals surface area contributed by atoms with Crippen LogP contribution >= 0.6 is 0 Å². The number of rotatable bonds is 2. The fourth-order valence-corrected chi connectivity index (χ4v) is 1.40. The zero-order chi connectivity index (χ0) is 11.7. The third-order valence-electron chi connectivity index (χ3n) is 2.08. The van der Waals surface area contributed by atoms with Crippen molar-refractivity contribution < 1.29 is 9.90 Å². The summed E-state index contributed by atoms with van der Waals surface area (Å²) in [4.78, 5) is 26.5. The summed E-state index contributed by atoms with van der Waals surface area (Å²) in [6.07, 6.45) is 2.97. The molecule has 2 aromatic rings. The van der Waals surface area contributed by atoms with Gasteiger partial charge < -0.3 is 5.11 Å². The van der Waals surface area contributed by atoms with Crippen LogP contribution in [0.5, 0.6) is 0 Å². The van der Waals surface area contributed by atoms with Crippen molar-refractivity contribution in [1.29, 1.82) is 0 Å². The highest BCUT2D eigenvalue weighted by atomic mass is 16.4. The third kappa shape index (κ3) is 1.60. The fraction of sp³-hybridized carbons (Fsp3) is 0.100. The Bertz CT molecular complexity index is 597. The number of pyridine rings is 1. The second kappa shape index (κ2) is 3.65. The van der Waals surface area contributed by atoms with Crippen LogP contribution in [0.3, 0.4) is 0 Å². The Kier molecular flexibility index (Phi) is 2.32. The normalized spacial score (nSPS) is 10.3. The standard InChI is InChI=1S/C10H9N3O3/c1-7-5-12(6-11-7)13-8(10(15)16)3-2-4-9(13)14/h2-6H,1H3,(H,15,16). The Morgan fingerprint density at radius 2 is 2.19 bits per heavy atom. The summed E-state index contributed by atoms with van der Waals surface area (Å²) in [5, 5.41) is 8.96. The lowest BCUT2D eigenvalue weighted by Gasteiger charge is -2.08. The van der Waals surface area contributed by atoms with Crippen molar-refractivity contribution in [3.8, 4) is 0 Å². The van der Waals surface area contributed by atoms with Gasteiger partial charge in [0.1, 0.15) is 6.33 Å². The number of carbonyl (C=O) groups is 1. The SMILES string of the molecule is Cc1cn(-n2c(C(=O)O)cccc2=O)cn1. The number of carboxylic acids is 1. The van der Waals surface area contributed by atoms with E-state index in [2.05, 4.69) is 4.98 Å². The fourth-order valence-electron chi connectivity index (χ4n) is 1.40. The first-order chi connectivity index (χ1) is 7.59. The molecule has 2 heterocycles. The quantitative estimate of drug-likeness (QED) is 0.791. The maximum atomic E-state index is 11.6. The Balaban J connectivity index is 2.72. The zero-order valence-corrected chi connectivity index (χ0v) is 8.49. The van der Waals surface area contributed by atoms with Crippen LogP contribution in [-0.2, 0) is 0 Å². The van der Waals surface area contributed by atoms with E-state index in [1.54, 1.807) is 13.1 Å². The second-order valence-electron chi connectivity index (χ2n) is 3.26. The molecule has 0 aromatic carbocycles. The van der Waals surface area contributed by atoms with Crippen LogP contribution in [0.15, 0.2) is 35.5 Å². The van der Waals surface area contributed by atoms with Crippen molar-refractivity contribution in [2.45, 2.75) is 6.92 Å². The number of aryl methyl sites for hydroxylation is 1. The van der Waals surface area contributed by atoms with Crippen LogP contribution in [0.4, 0.5) is 0 Å². The first-order valence-corrected chi connectivity index (χ1v) is 4.56. The maximum absolute atomic E-state index is 11.6. The molecule has 0 aliphatic carbocycles. The minimum Gasteiger partial charge on any atom is -0.477 e. The maximum Gasteiger partial charge on any atom is 0.354 e. The number of carboxylic acid groups (broad SMARTS) is 1. The molecule has 1 N–H and O–H groups in total. The van der Waals surface area contributed by atoms with Crippen LogP contribution in [-0.4, -0.2) is 25.4 Å². The molecule has 0 radical (unpaired) electrons. The van der Waals surface area contributed by atoms with E-state index >= 15 is 0 Å². The van der Waals surface area contributed by atoms with Crippen LogP contribution in [0, 0.1) is 6.92 Å². The Labute approximate surface area is 90.4 Å². The monoisotopic (exact) mass is 219 g/mol. The van der Waals surface area contributed by atoms with Crippen molar-refractivity contribution in [2.75, 3.05) is 0 Å². The van der Waals surface area contributed by atoms with E-state index in [0.717, 1.165) is 4.68 Å². The van der Waals surface area contributed by atoms with Crippen LogP contribution < -0.4 is 5.56 Å². The summed E-state index contributed by atoms with van der Waals surface area (Å²) in [5.41, 5.74) is 0.175. The van der Waals surface area contributed by atoms with Gasteiger partial charge in [0.15, 0.2) is 5.69 Å². The molecule has 16 heavy (non-hydrogen) atoms. The molecule has 0 spiro atoms. The van der Waals surface area contributed by atoms with Gasteiger partial charge in [0.2, 0.25) is 0 Å². The molecule has 0 saturated carbocycles. The molecule has 2 rings (SSSR count). The van der Waals surface area contributed by atoms with Crippen LogP contribution in [0.25, 0.3) is 0 Å². The summed E-state index contributed by atoms with van der Waals surface area (Å²) < 4.78 is 2.39. The van der Waals surface area contributed by atoms with Gasteiger partial charge in [-0.25, -0.2) is 19.1 Å². The third-order valence-corrected chi connectivity index (χ3v) is 2.08. The first kappa shape index (κ1) is 10.2. The van der Waals surface area contributed by atoms with Crippen molar-refractivity contribution in [2.24, 2.45) is 0 Å². The molecule has 0 saturated heterocycles. The topological polar surface area (TPSA) is 77.1 Å². The van der Waals surface area contributed by atoms with Gasteiger partial charge in [-0.1, -0.05) is 6.07 Å². The van der Waals surface area contributed by atoms with Gasteiger partial charge in [0.05, 0.1) is 11.9 Å².